The maximum absolute atomic E-state index is 12.0. The molecular formula is C17H23NO4. The molecule has 0 spiro atoms. The van der Waals surface area contributed by atoms with E-state index in [1.54, 1.807) is 0 Å². The van der Waals surface area contributed by atoms with E-state index >= 15 is 0 Å². The molecule has 1 amide bonds. The molecule has 0 heterocycles. The number of rotatable bonds is 7. The Morgan fingerprint density at radius 3 is 2.59 bits per heavy atom. The van der Waals surface area contributed by atoms with E-state index in [1.165, 1.54) is 0 Å². The van der Waals surface area contributed by atoms with Gasteiger partial charge in [-0.05, 0) is 43.2 Å². The lowest BCUT2D eigenvalue weighted by atomic mass is 9.77. The van der Waals surface area contributed by atoms with Gasteiger partial charge in [-0.1, -0.05) is 32.0 Å². The highest BCUT2D eigenvalue weighted by molar-refractivity contribution is 5.88. The number of carboxylic acids is 1. The largest absolute Gasteiger partial charge is 0.483 e. The molecule has 2 rings (SSSR count). The minimum absolute atomic E-state index is 0.164. The van der Waals surface area contributed by atoms with Gasteiger partial charge >= 0.3 is 5.97 Å². The Bertz CT molecular complexity index is 551. The number of benzene rings is 1. The van der Waals surface area contributed by atoms with Gasteiger partial charge in [-0.2, -0.15) is 0 Å². The SMILES string of the molecule is CCC(C)c1ccccc1OCC(=O)NC1(C(=O)O)CCC1. The van der Waals surface area contributed by atoms with Crippen LogP contribution in [0, 0.1) is 0 Å². The van der Waals surface area contributed by atoms with Gasteiger partial charge in [0.1, 0.15) is 11.3 Å². The quantitative estimate of drug-likeness (QED) is 0.812. The molecule has 120 valence electrons. The highest BCUT2D eigenvalue weighted by atomic mass is 16.5. The zero-order valence-corrected chi connectivity index (χ0v) is 13.1. The number of para-hydroxylation sites is 1. The number of aliphatic carboxylic acids is 1. The summed E-state index contributed by atoms with van der Waals surface area (Å²) in [5, 5.41) is 11.8. The Labute approximate surface area is 130 Å². The van der Waals surface area contributed by atoms with E-state index < -0.39 is 11.5 Å². The number of carbonyl (C=O) groups is 2. The molecule has 1 aliphatic carbocycles. The molecular weight excluding hydrogens is 282 g/mol. The number of amides is 1. The summed E-state index contributed by atoms with van der Waals surface area (Å²) >= 11 is 0. The van der Waals surface area contributed by atoms with Crippen LogP contribution < -0.4 is 10.1 Å². The van der Waals surface area contributed by atoms with Crippen molar-refractivity contribution in [2.45, 2.75) is 51.0 Å². The number of hydrogen-bond acceptors (Lipinski definition) is 3. The third-order valence-electron chi connectivity index (χ3n) is 4.42. The number of hydrogen-bond donors (Lipinski definition) is 2. The van der Waals surface area contributed by atoms with E-state index in [4.69, 9.17) is 4.74 Å². The second kappa shape index (κ2) is 6.81. The molecule has 2 N–H and O–H groups in total. The molecule has 1 aliphatic rings. The lowest BCUT2D eigenvalue weighted by Gasteiger charge is -2.38. The first-order valence-electron chi connectivity index (χ1n) is 7.74. The lowest BCUT2D eigenvalue weighted by molar-refractivity contribution is -0.152. The molecule has 0 saturated heterocycles. The van der Waals surface area contributed by atoms with Crippen molar-refractivity contribution < 1.29 is 19.4 Å². The fourth-order valence-electron chi connectivity index (χ4n) is 2.61. The third kappa shape index (κ3) is 3.40. The Hall–Kier alpha value is -2.04. The molecule has 5 heteroatoms. The standard InChI is InChI=1S/C17H23NO4/c1-3-12(2)13-7-4-5-8-14(13)22-11-15(19)18-17(16(20)21)9-6-10-17/h4-5,7-8,12H,3,6,9-11H2,1-2H3,(H,18,19)(H,20,21). The van der Waals surface area contributed by atoms with Crippen molar-refractivity contribution in [3.05, 3.63) is 29.8 Å². The highest BCUT2D eigenvalue weighted by Gasteiger charge is 2.45. The molecule has 1 unspecified atom stereocenters. The van der Waals surface area contributed by atoms with Gasteiger partial charge in [-0.15, -0.1) is 0 Å². The number of nitrogens with one attached hydrogen (secondary N) is 1. The van der Waals surface area contributed by atoms with Gasteiger partial charge in [-0.3, -0.25) is 4.79 Å². The fourth-order valence-corrected chi connectivity index (χ4v) is 2.61. The van der Waals surface area contributed by atoms with E-state index in [9.17, 15) is 14.7 Å². The topological polar surface area (TPSA) is 75.6 Å². The van der Waals surface area contributed by atoms with E-state index in [0.29, 0.717) is 24.5 Å². The van der Waals surface area contributed by atoms with Crippen LogP contribution in [0.25, 0.3) is 0 Å². The summed E-state index contributed by atoms with van der Waals surface area (Å²) in [6.07, 6.45) is 2.77. The molecule has 22 heavy (non-hydrogen) atoms. The minimum Gasteiger partial charge on any atom is -0.483 e. The monoisotopic (exact) mass is 305 g/mol. The van der Waals surface area contributed by atoms with Crippen LogP contribution in [0.4, 0.5) is 0 Å². The van der Waals surface area contributed by atoms with Gasteiger partial charge in [-0.25, -0.2) is 4.79 Å². The normalized spacial score (nSPS) is 17.2. The van der Waals surface area contributed by atoms with Crippen LogP contribution in [0.15, 0.2) is 24.3 Å². The van der Waals surface area contributed by atoms with Crippen LogP contribution in [0.2, 0.25) is 0 Å². The zero-order valence-electron chi connectivity index (χ0n) is 13.1. The van der Waals surface area contributed by atoms with Crippen LogP contribution in [-0.2, 0) is 9.59 Å². The van der Waals surface area contributed by atoms with Crippen LogP contribution in [-0.4, -0.2) is 29.1 Å². The van der Waals surface area contributed by atoms with E-state index in [2.05, 4.69) is 19.2 Å². The molecule has 0 aromatic heterocycles. The van der Waals surface area contributed by atoms with Crippen molar-refractivity contribution in [1.29, 1.82) is 0 Å². The summed E-state index contributed by atoms with van der Waals surface area (Å²) in [6, 6.07) is 7.64. The second-order valence-electron chi connectivity index (χ2n) is 5.92. The molecule has 0 aliphatic heterocycles. The van der Waals surface area contributed by atoms with E-state index in [1.807, 2.05) is 24.3 Å². The van der Waals surface area contributed by atoms with Crippen LogP contribution in [0.5, 0.6) is 5.75 Å². The molecule has 0 radical (unpaired) electrons. The Morgan fingerprint density at radius 1 is 1.36 bits per heavy atom. The van der Waals surface area contributed by atoms with Crippen LogP contribution in [0.3, 0.4) is 0 Å². The molecule has 1 aromatic rings. The van der Waals surface area contributed by atoms with Crippen molar-refractivity contribution in [3.8, 4) is 5.75 Å². The van der Waals surface area contributed by atoms with E-state index in [0.717, 1.165) is 18.4 Å². The summed E-state index contributed by atoms with van der Waals surface area (Å²) in [4.78, 5) is 23.2. The highest BCUT2D eigenvalue weighted by Crippen LogP contribution is 2.32. The second-order valence-corrected chi connectivity index (χ2v) is 5.92. The zero-order chi connectivity index (χ0) is 16.2. The van der Waals surface area contributed by atoms with Gasteiger partial charge in [0.05, 0.1) is 0 Å². The molecule has 5 nitrogen and oxygen atoms in total. The summed E-state index contributed by atoms with van der Waals surface area (Å²) in [7, 11) is 0. The van der Waals surface area contributed by atoms with Crippen molar-refractivity contribution in [3.63, 3.8) is 0 Å². The molecule has 1 atom stereocenters. The maximum Gasteiger partial charge on any atom is 0.329 e. The maximum atomic E-state index is 12.0. The Balaban J connectivity index is 1.96. The first-order valence-corrected chi connectivity index (χ1v) is 7.74. The molecule has 1 saturated carbocycles. The van der Waals surface area contributed by atoms with Gasteiger partial charge in [0.25, 0.3) is 5.91 Å². The number of carboxylic acid groups (broad SMARTS) is 1. The summed E-state index contributed by atoms with van der Waals surface area (Å²) in [5.41, 5.74) is -0.0224. The Morgan fingerprint density at radius 2 is 2.05 bits per heavy atom. The summed E-state index contributed by atoms with van der Waals surface area (Å²) in [6.45, 7) is 4.04. The average molecular weight is 305 g/mol. The average Bonchev–Trinajstić information content (AvgIpc) is 2.48. The lowest BCUT2D eigenvalue weighted by Crippen LogP contribution is -2.59. The van der Waals surface area contributed by atoms with Crippen molar-refractivity contribution in [1.82, 2.24) is 5.32 Å². The summed E-state index contributed by atoms with van der Waals surface area (Å²) < 4.78 is 5.61. The number of carbonyl (C=O) groups excluding carboxylic acids is 1. The predicted octanol–water partition coefficient (Wildman–Crippen LogP) is 2.70. The van der Waals surface area contributed by atoms with Crippen LogP contribution in [0.1, 0.15) is 51.0 Å². The third-order valence-corrected chi connectivity index (χ3v) is 4.42. The van der Waals surface area contributed by atoms with Crippen molar-refractivity contribution in [2.24, 2.45) is 0 Å². The first kappa shape index (κ1) is 16.3. The summed E-state index contributed by atoms with van der Waals surface area (Å²) in [5.74, 6) is -0.325. The van der Waals surface area contributed by atoms with Crippen molar-refractivity contribution in [2.75, 3.05) is 6.61 Å². The molecule has 0 bridgehead atoms. The minimum atomic E-state index is -1.09. The molecule has 1 aromatic carbocycles. The van der Waals surface area contributed by atoms with Crippen molar-refractivity contribution >= 4 is 11.9 Å². The van der Waals surface area contributed by atoms with Gasteiger partial charge in [0.15, 0.2) is 6.61 Å². The molecule has 1 fully saturated rings. The fraction of sp³-hybridized carbons (Fsp3) is 0.529. The van der Waals surface area contributed by atoms with Gasteiger partial charge < -0.3 is 15.2 Å². The van der Waals surface area contributed by atoms with Crippen LogP contribution >= 0.6 is 0 Å². The smallest absolute Gasteiger partial charge is 0.329 e. The van der Waals surface area contributed by atoms with E-state index in [-0.39, 0.29) is 12.5 Å². The van der Waals surface area contributed by atoms with Gasteiger partial charge in [0.2, 0.25) is 0 Å². The van der Waals surface area contributed by atoms with Gasteiger partial charge in [0, 0.05) is 0 Å². The predicted molar refractivity (Wildman–Crippen MR) is 83.0 cm³/mol. The first-order chi connectivity index (χ1) is 10.5. The Kier molecular flexibility index (Phi) is 5.06. The number of ether oxygens (including phenoxy) is 1.